The molecule has 1 aliphatic carbocycles. The lowest BCUT2D eigenvalue weighted by molar-refractivity contribution is -0.172. The van der Waals surface area contributed by atoms with Gasteiger partial charge in [0.25, 0.3) is 5.56 Å². The van der Waals surface area contributed by atoms with Crippen molar-refractivity contribution >= 4 is 52.1 Å². The third-order valence-electron chi connectivity index (χ3n) is 13.1. The van der Waals surface area contributed by atoms with Gasteiger partial charge < -0.3 is 35.1 Å². The molecule has 4 atom stereocenters. The first-order valence-electron chi connectivity index (χ1n) is 23.1. The van der Waals surface area contributed by atoms with Crippen molar-refractivity contribution in [1.29, 1.82) is 0 Å². The number of hydrogen-bond donors (Lipinski definition) is 4. The van der Waals surface area contributed by atoms with E-state index in [4.69, 9.17) is 14.5 Å². The van der Waals surface area contributed by atoms with E-state index >= 15 is 4.39 Å². The third kappa shape index (κ3) is 10.4. The monoisotopic (exact) mass is 935 g/mol. The fourth-order valence-corrected chi connectivity index (χ4v) is 9.34. The number of amides is 3. The summed E-state index contributed by atoms with van der Waals surface area (Å²) >= 11 is 0. The Labute approximate surface area is 392 Å². The van der Waals surface area contributed by atoms with Gasteiger partial charge in [-0.15, -0.1) is 0 Å². The van der Waals surface area contributed by atoms with E-state index in [0.717, 1.165) is 11.1 Å². The van der Waals surface area contributed by atoms with Gasteiger partial charge in [0.1, 0.15) is 18.0 Å². The van der Waals surface area contributed by atoms with E-state index in [2.05, 4.69) is 16.0 Å². The molecule has 7 rings (SSSR count). The Hall–Kier alpha value is -6.62. The lowest BCUT2D eigenvalue weighted by Crippen LogP contribution is -2.44. The van der Waals surface area contributed by atoms with Gasteiger partial charge in [-0.2, -0.15) is 0 Å². The van der Waals surface area contributed by atoms with Crippen molar-refractivity contribution in [3.63, 3.8) is 0 Å². The zero-order chi connectivity index (χ0) is 49.2. The number of ether oxygens (including phenoxy) is 2. The number of benzene rings is 2. The van der Waals surface area contributed by atoms with Crippen LogP contribution in [0.25, 0.3) is 22.3 Å². The lowest BCUT2D eigenvalue weighted by Gasteiger charge is -2.31. The quantitative estimate of drug-likeness (QED) is 0.0870. The number of aryl methyl sites for hydroxylation is 1. The van der Waals surface area contributed by atoms with E-state index in [1.54, 1.807) is 59.7 Å². The molecular formula is C51H58FN5O11. The SMILES string of the molecule is CC[C@@]1(O)C(=O)OCc2c1cc1n(c2=O)Cc2c-1nc1cc(F)c(C)c3c1c2[C@@H](NC(=O)[C@H](C)CCC(=O)CNC(=O)[C@@H](CC(=O)CNC(=O)CCC(=O)OC(C)(C)C)Cc1ccccc1)CC3. The normalized spacial score (nSPS) is 17.8. The van der Waals surface area contributed by atoms with Crippen LogP contribution in [0.3, 0.4) is 0 Å². The molecule has 2 aliphatic heterocycles. The second-order valence-electron chi connectivity index (χ2n) is 19.1. The van der Waals surface area contributed by atoms with E-state index < -0.39 is 70.0 Å². The van der Waals surface area contributed by atoms with Gasteiger partial charge in [0.2, 0.25) is 17.7 Å². The van der Waals surface area contributed by atoms with Crippen LogP contribution in [0.2, 0.25) is 0 Å². The summed E-state index contributed by atoms with van der Waals surface area (Å²) in [5, 5.41) is 20.4. The number of Topliss-reactive ketones (excluding diaryl/α,β-unsaturated/α-hetero) is 2. The predicted octanol–water partition coefficient (Wildman–Crippen LogP) is 4.79. The van der Waals surface area contributed by atoms with Gasteiger partial charge in [0.15, 0.2) is 17.2 Å². The molecule has 0 bridgehead atoms. The topological polar surface area (TPSA) is 229 Å². The number of nitrogens with one attached hydrogen (secondary N) is 3. The Kier molecular flexibility index (Phi) is 14.4. The van der Waals surface area contributed by atoms with Gasteiger partial charge in [-0.05, 0) is 88.1 Å². The zero-order valence-electron chi connectivity index (χ0n) is 39.3. The summed E-state index contributed by atoms with van der Waals surface area (Å²) in [6, 6.07) is 11.4. The molecule has 0 unspecified atom stereocenters. The van der Waals surface area contributed by atoms with Crippen molar-refractivity contribution in [3.05, 3.63) is 97.6 Å². The summed E-state index contributed by atoms with van der Waals surface area (Å²) in [7, 11) is 0. The Morgan fingerprint density at radius 1 is 0.971 bits per heavy atom. The molecule has 17 heteroatoms. The minimum atomic E-state index is -2.03. The van der Waals surface area contributed by atoms with Gasteiger partial charge in [-0.25, -0.2) is 14.2 Å². The smallest absolute Gasteiger partial charge is 0.343 e. The Morgan fingerprint density at radius 2 is 1.69 bits per heavy atom. The zero-order valence-corrected chi connectivity index (χ0v) is 39.3. The number of carbonyl (C=O) groups is 7. The van der Waals surface area contributed by atoms with Crippen molar-refractivity contribution in [3.8, 4) is 11.4 Å². The summed E-state index contributed by atoms with van der Waals surface area (Å²) < 4.78 is 27.4. The third-order valence-corrected chi connectivity index (χ3v) is 13.1. The number of esters is 2. The molecule has 4 N–H and O–H groups in total. The standard InChI is InChI=1S/C51H58FN5O11/c1-7-51(66)36-21-40-45-34(25-57(40)48(64)35(36)26-67-49(51)65)44-38(16-15-33-28(3)37(52)22-39(55-45)43(33)44)56-46(62)27(2)13-14-31(58)23-54-47(63)30(19-29-11-9-8-10-12-29)20-32(59)24-53-41(60)17-18-42(61)68-50(4,5)6/h8-12,21-22,27,30,38,66H,7,13-20,23-26H2,1-6H3,(H,53,60)(H,54,63)(H,56,62)/t27-,30-,38+,51+/m1/s1. The number of halogens is 1. The van der Waals surface area contributed by atoms with Crippen molar-refractivity contribution in [2.24, 2.45) is 11.8 Å². The van der Waals surface area contributed by atoms with E-state index in [9.17, 15) is 43.5 Å². The van der Waals surface area contributed by atoms with Gasteiger partial charge in [-0.1, -0.05) is 44.2 Å². The van der Waals surface area contributed by atoms with Crippen LogP contribution in [0.4, 0.5) is 4.39 Å². The highest BCUT2D eigenvalue weighted by Gasteiger charge is 2.46. The minimum absolute atomic E-state index is 0.0333. The summed E-state index contributed by atoms with van der Waals surface area (Å²) in [5.41, 5.74) is 1.59. The van der Waals surface area contributed by atoms with Crippen LogP contribution in [-0.4, -0.2) is 74.6 Å². The molecule has 2 aromatic heterocycles. The molecule has 3 amide bonds. The fraction of sp³-hybridized carbons (Fsp3) is 0.471. The largest absolute Gasteiger partial charge is 0.460 e. The molecule has 0 saturated heterocycles. The molecule has 2 aromatic carbocycles. The number of pyridine rings is 2. The predicted molar refractivity (Wildman–Crippen MR) is 246 cm³/mol. The highest BCUT2D eigenvalue weighted by atomic mass is 19.1. The molecule has 0 saturated carbocycles. The van der Waals surface area contributed by atoms with Crippen molar-refractivity contribution in [2.45, 2.75) is 130 Å². The number of nitrogens with zero attached hydrogens (tertiary/aromatic N) is 2. The average Bonchev–Trinajstić information content (AvgIpc) is 3.67. The van der Waals surface area contributed by atoms with E-state index in [-0.39, 0.29) is 94.0 Å². The second kappa shape index (κ2) is 19.9. The van der Waals surface area contributed by atoms with Crippen LogP contribution in [0.1, 0.15) is 125 Å². The number of rotatable bonds is 18. The number of aliphatic hydroxyl groups is 1. The van der Waals surface area contributed by atoms with Crippen LogP contribution >= 0.6 is 0 Å². The molecule has 4 aromatic rings. The molecule has 360 valence electrons. The number of ketones is 2. The highest BCUT2D eigenvalue weighted by molar-refractivity contribution is 5.95. The van der Waals surface area contributed by atoms with Crippen LogP contribution < -0.4 is 21.5 Å². The molecule has 4 heterocycles. The summed E-state index contributed by atoms with van der Waals surface area (Å²) in [4.78, 5) is 110. The Bertz CT molecular complexity index is 2780. The number of hydrogen-bond acceptors (Lipinski definition) is 12. The first-order valence-corrected chi connectivity index (χ1v) is 23.1. The summed E-state index contributed by atoms with van der Waals surface area (Å²) in [5.74, 6) is -5.43. The maximum atomic E-state index is 15.4. The number of aromatic nitrogens is 2. The second-order valence-corrected chi connectivity index (χ2v) is 19.1. The number of carbonyl (C=O) groups excluding carboxylic acids is 7. The van der Waals surface area contributed by atoms with Gasteiger partial charge in [0, 0.05) is 53.7 Å². The molecule has 0 fully saturated rings. The summed E-state index contributed by atoms with van der Waals surface area (Å²) in [6.45, 7) is 9.27. The van der Waals surface area contributed by atoms with Crippen molar-refractivity contribution < 1.29 is 52.5 Å². The maximum Gasteiger partial charge on any atom is 0.343 e. The summed E-state index contributed by atoms with van der Waals surface area (Å²) in [6.07, 6.45) is 0.615. The van der Waals surface area contributed by atoms with E-state index in [1.165, 1.54) is 10.6 Å². The Balaban J connectivity index is 0.992. The maximum absolute atomic E-state index is 15.4. The molecular weight excluding hydrogens is 878 g/mol. The van der Waals surface area contributed by atoms with Gasteiger partial charge in [0.05, 0.1) is 54.6 Å². The number of cyclic esters (lactones) is 1. The van der Waals surface area contributed by atoms with Crippen LogP contribution in [0, 0.1) is 24.6 Å². The van der Waals surface area contributed by atoms with E-state index in [1.807, 2.05) is 18.2 Å². The Morgan fingerprint density at radius 3 is 2.40 bits per heavy atom. The molecule has 16 nitrogen and oxygen atoms in total. The van der Waals surface area contributed by atoms with E-state index in [0.29, 0.717) is 51.8 Å². The molecule has 0 spiro atoms. The molecule has 3 aliphatic rings. The van der Waals surface area contributed by atoms with Crippen LogP contribution in [0.15, 0.2) is 47.3 Å². The van der Waals surface area contributed by atoms with Crippen LogP contribution in [-0.2, 0) is 74.6 Å². The van der Waals surface area contributed by atoms with Crippen molar-refractivity contribution in [1.82, 2.24) is 25.5 Å². The van der Waals surface area contributed by atoms with Gasteiger partial charge >= 0.3 is 11.9 Å². The minimum Gasteiger partial charge on any atom is -0.460 e. The lowest BCUT2D eigenvalue weighted by atomic mass is 9.81. The average molecular weight is 936 g/mol. The van der Waals surface area contributed by atoms with Gasteiger partial charge in [-0.3, -0.25) is 33.6 Å². The fourth-order valence-electron chi connectivity index (χ4n) is 9.34. The molecule has 68 heavy (non-hydrogen) atoms. The molecule has 0 radical (unpaired) electrons. The highest BCUT2D eigenvalue weighted by Crippen LogP contribution is 2.46. The van der Waals surface area contributed by atoms with Crippen LogP contribution in [0.5, 0.6) is 0 Å². The first-order chi connectivity index (χ1) is 32.2. The number of fused-ring (bicyclic) bond motifs is 5. The van der Waals surface area contributed by atoms with Crippen molar-refractivity contribution in [2.75, 3.05) is 13.1 Å². The first kappa shape index (κ1) is 49.3.